The molecule has 1 aromatic heterocycles. The van der Waals surface area contributed by atoms with Crippen LogP contribution in [0.15, 0.2) is 24.3 Å². The fraction of sp³-hybridized carbons (Fsp3) is 0.333. The number of benzene rings is 1. The molecule has 0 radical (unpaired) electrons. The van der Waals surface area contributed by atoms with Crippen LogP contribution in [0.4, 0.5) is 0 Å². The van der Waals surface area contributed by atoms with Gasteiger partial charge in [-0.2, -0.15) is 0 Å². The number of nitrogens with one attached hydrogen (secondary N) is 1. The highest BCUT2D eigenvalue weighted by Gasteiger charge is 2.30. The lowest BCUT2D eigenvalue weighted by Gasteiger charge is -2.09. The summed E-state index contributed by atoms with van der Waals surface area (Å²) in [6.45, 7) is 1.76. The van der Waals surface area contributed by atoms with Crippen molar-refractivity contribution < 1.29 is 13.2 Å². The maximum absolute atomic E-state index is 12.4. The van der Waals surface area contributed by atoms with Crippen LogP contribution in [0.25, 0.3) is 10.6 Å². The Hall–Kier alpha value is -1.44. The maximum atomic E-state index is 12.4. The smallest absolute Gasteiger partial charge is 0.263 e. The Labute approximate surface area is 143 Å². The van der Waals surface area contributed by atoms with E-state index >= 15 is 0 Å². The van der Waals surface area contributed by atoms with Gasteiger partial charge in [0.05, 0.1) is 22.2 Å². The van der Waals surface area contributed by atoms with Crippen LogP contribution in [0.1, 0.15) is 21.8 Å². The lowest BCUT2D eigenvalue weighted by atomic mass is 10.2. The second-order valence-electron chi connectivity index (χ2n) is 5.49. The molecule has 1 N–H and O–H groups in total. The molecule has 1 atom stereocenters. The zero-order valence-corrected chi connectivity index (χ0v) is 14.8. The van der Waals surface area contributed by atoms with Gasteiger partial charge >= 0.3 is 0 Å². The molecule has 1 saturated heterocycles. The number of nitrogens with zero attached hydrogens (tertiary/aromatic N) is 1. The number of hydrogen-bond donors (Lipinski definition) is 1. The molecule has 8 heteroatoms. The molecule has 5 nitrogen and oxygen atoms in total. The quantitative estimate of drug-likeness (QED) is 0.901. The third-order valence-electron chi connectivity index (χ3n) is 3.67. The van der Waals surface area contributed by atoms with Crippen LogP contribution in [-0.2, 0) is 9.84 Å². The molecule has 0 bridgehead atoms. The number of carbonyl (C=O) groups is 1. The Morgan fingerprint density at radius 3 is 2.78 bits per heavy atom. The van der Waals surface area contributed by atoms with E-state index in [9.17, 15) is 13.2 Å². The first kappa shape index (κ1) is 16.4. The van der Waals surface area contributed by atoms with Crippen LogP contribution in [0.5, 0.6) is 0 Å². The molecular formula is C15H15ClN2O3S2. The van der Waals surface area contributed by atoms with Crippen molar-refractivity contribution in [2.24, 2.45) is 0 Å². The van der Waals surface area contributed by atoms with Crippen molar-refractivity contribution in [1.82, 2.24) is 10.3 Å². The molecule has 0 aliphatic carbocycles. The molecular weight excluding hydrogens is 356 g/mol. The summed E-state index contributed by atoms with van der Waals surface area (Å²) in [7, 11) is -3.02. The van der Waals surface area contributed by atoms with Crippen molar-refractivity contribution in [3.05, 3.63) is 39.9 Å². The average Bonchev–Trinajstić information content (AvgIpc) is 3.02. The number of hydrogen-bond acceptors (Lipinski definition) is 5. The van der Waals surface area contributed by atoms with E-state index in [0.29, 0.717) is 27.0 Å². The van der Waals surface area contributed by atoms with Crippen LogP contribution in [-0.4, -0.2) is 36.9 Å². The second kappa shape index (κ2) is 6.22. The Morgan fingerprint density at radius 2 is 2.13 bits per heavy atom. The molecule has 1 amide bonds. The summed E-state index contributed by atoms with van der Waals surface area (Å²) in [6.07, 6.45) is 0.462. The third-order valence-corrected chi connectivity index (χ3v) is 6.96. The summed E-state index contributed by atoms with van der Waals surface area (Å²) in [5.41, 5.74) is 1.40. The molecule has 2 aromatic rings. The number of amides is 1. The lowest BCUT2D eigenvalue weighted by molar-refractivity contribution is 0.0944. The van der Waals surface area contributed by atoms with Gasteiger partial charge in [-0.3, -0.25) is 4.79 Å². The minimum atomic E-state index is -3.02. The molecule has 1 fully saturated rings. The van der Waals surface area contributed by atoms with E-state index in [1.807, 2.05) is 18.2 Å². The fourth-order valence-electron chi connectivity index (χ4n) is 2.52. The van der Waals surface area contributed by atoms with Crippen LogP contribution in [0, 0.1) is 6.92 Å². The number of aryl methyl sites for hydroxylation is 1. The van der Waals surface area contributed by atoms with E-state index in [0.717, 1.165) is 5.56 Å². The largest absolute Gasteiger partial charge is 0.347 e. The normalized spacial score (nSPS) is 19.7. The average molecular weight is 371 g/mol. The SMILES string of the molecule is Cc1nc(-c2ccccc2Cl)sc1C(=O)N[C@H]1CCS(=O)(=O)C1. The maximum Gasteiger partial charge on any atom is 0.263 e. The first-order valence-electron chi connectivity index (χ1n) is 7.09. The highest BCUT2D eigenvalue weighted by molar-refractivity contribution is 7.91. The van der Waals surface area contributed by atoms with Gasteiger partial charge in [-0.25, -0.2) is 13.4 Å². The van der Waals surface area contributed by atoms with E-state index < -0.39 is 9.84 Å². The summed E-state index contributed by atoms with van der Waals surface area (Å²) in [4.78, 5) is 17.3. The lowest BCUT2D eigenvalue weighted by Crippen LogP contribution is -2.35. The van der Waals surface area contributed by atoms with Crippen molar-refractivity contribution >= 4 is 38.7 Å². The molecule has 1 aliphatic rings. The van der Waals surface area contributed by atoms with Crippen molar-refractivity contribution in [1.29, 1.82) is 0 Å². The van der Waals surface area contributed by atoms with Crippen LogP contribution < -0.4 is 5.32 Å². The minimum absolute atomic E-state index is 0.00790. The highest BCUT2D eigenvalue weighted by Crippen LogP contribution is 2.32. The molecule has 1 aromatic carbocycles. The zero-order valence-electron chi connectivity index (χ0n) is 12.4. The highest BCUT2D eigenvalue weighted by atomic mass is 35.5. The van der Waals surface area contributed by atoms with Crippen LogP contribution in [0.2, 0.25) is 5.02 Å². The predicted octanol–water partition coefficient (Wildman–Crippen LogP) is 2.69. The summed E-state index contributed by atoms with van der Waals surface area (Å²) in [5, 5.41) is 4.05. The molecule has 0 saturated carbocycles. The fourth-order valence-corrected chi connectivity index (χ4v) is 5.48. The molecule has 122 valence electrons. The first-order valence-corrected chi connectivity index (χ1v) is 10.1. The van der Waals surface area contributed by atoms with E-state index in [1.54, 1.807) is 13.0 Å². The minimum Gasteiger partial charge on any atom is -0.347 e. The van der Waals surface area contributed by atoms with Gasteiger partial charge in [0.1, 0.15) is 9.88 Å². The van der Waals surface area contributed by atoms with Crippen molar-refractivity contribution in [3.63, 3.8) is 0 Å². The number of rotatable bonds is 3. The summed E-state index contributed by atoms with van der Waals surface area (Å²) in [5.74, 6) is -0.140. The molecule has 23 heavy (non-hydrogen) atoms. The van der Waals surface area contributed by atoms with Crippen LogP contribution >= 0.6 is 22.9 Å². The molecule has 3 rings (SSSR count). The molecule has 0 unspecified atom stereocenters. The van der Waals surface area contributed by atoms with E-state index in [4.69, 9.17) is 11.6 Å². The number of halogens is 1. The molecule has 1 aliphatic heterocycles. The second-order valence-corrected chi connectivity index (χ2v) is 9.12. The summed E-state index contributed by atoms with van der Waals surface area (Å²) in [6, 6.07) is 7.00. The predicted molar refractivity (Wildman–Crippen MR) is 91.8 cm³/mol. The van der Waals surface area contributed by atoms with Gasteiger partial charge in [-0.05, 0) is 19.4 Å². The summed E-state index contributed by atoms with van der Waals surface area (Å²) < 4.78 is 23.0. The van der Waals surface area contributed by atoms with E-state index in [-0.39, 0.29) is 23.5 Å². The Kier molecular flexibility index (Phi) is 4.44. The third kappa shape index (κ3) is 3.57. The number of sulfone groups is 1. The van der Waals surface area contributed by atoms with Gasteiger partial charge in [0.25, 0.3) is 5.91 Å². The van der Waals surface area contributed by atoms with Crippen molar-refractivity contribution in [3.8, 4) is 10.6 Å². The zero-order chi connectivity index (χ0) is 16.6. The van der Waals surface area contributed by atoms with Gasteiger partial charge in [-0.15, -0.1) is 11.3 Å². The van der Waals surface area contributed by atoms with Crippen molar-refractivity contribution in [2.75, 3.05) is 11.5 Å². The number of carbonyl (C=O) groups excluding carboxylic acids is 1. The molecule has 2 heterocycles. The van der Waals surface area contributed by atoms with E-state index in [2.05, 4.69) is 10.3 Å². The van der Waals surface area contributed by atoms with Crippen molar-refractivity contribution in [2.45, 2.75) is 19.4 Å². The molecule has 0 spiro atoms. The van der Waals surface area contributed by atoms with Gasteiger partial charge in [0.15, 0.2) is 9.84 Å². The Balaban J connectivity index is 1.81. The number of thiazole rings is 1. The van der Waals surface area contributed by atoms with Gasteiger partial charge in [-0.1, -0.05) is 29.8 Å². The monoisotopic (exact) mass is 370 g/mol. The topological polar surface area (TPSA) is 76.1 Å². The van der Waals surface area contributed by atoms with Gasteiger partial charge in [0.2, 0.25) is 0 Å². The van der Waals surface area contributed by atoms with E-state index in [1.165, 1.54) is 11.3 Å². The van der Waals surface area contributed by atoms with Gasteiger partial charge < -0.3 is 5.32 Å². The Morgan fingerprint density at radius 1 is 1.39 bits per heavy atom. The standard InChI is InChI=1S/C15H15ClN2O3S2/c1-9-13(14(19)18-10-6-7-23(20,21)8-10)22-15(17-9)11-4-2-3-5-12(11)16/h2-5,10H,6-8H2,1H3,(H,18,19)/t10-/m0/s1. The van der Waals surface area contributed by atoms with Crippen LogP contribution in [0.3, 0.4) is 0 Å². The number of aromatic nitrogens is 1. The van der Waals surface area contributed by atoms with Gasteiger partial charge in [0, 0.05) is 11.6 Å². The summed E-state index contributed by atoms with van der Waals surface area (Å²) >= 11 is 7.43. The Bertz CT molecular complexity index is 861. The first-order chi connectivity index (χ1) is 10.9.